The van der Waals surface area contributed by atoms with E-state index in [1.165, 1.54) is 0 Å². The maximum atomic E-state index is 9.75. The first kappa shape index (κ1) is 14.7. The molecule has 2 unspecified atom stereocenters. The fourth-order valence-corrected chi connectivity index (χ4v) is 3.42. The van der Waals surface area contributed by atoms with Crippen molar-refractivity contribution >= 4 is 0 Å². The third-order valence-electron chi connectivity index (χ3n) is 4.18. The van der Waals surface area contributed by atoms with Gasteiger partial charge >= 0.3 is 0 Å². The molecule has 2 aliphatic rings. The van der Waals surface area contributed by atoms with E-state index in [0.717, 1.165) is 32.5 Å². The predicted molar refractivity (Wildman–Crippen MR) is 71.0 cm³/mol. The Balaban J connectivity index is 0.000000686. The van der Waals surface area contributed by atoms with Gasteiger partial charge in [0.15, 0.2) is 0 Å². The van der Waals surface area contributed by atoms with Crippen LogP contribution in [0.3, 0.4) is 0 Å². The van der Waals surface area contributed by atoms with Crippen LogP contribution in [0.5, 0.6) is 0 Å². The molecule has 1 aliphatic carbocycles. The van der Waals surface area contributed by atoms with E-state index >= 15 is 0 Å². The molecule has 0 aromatic heterocycles. The van der Waals surface area contributed by atoms with Crippen LogP contribution in [0, 0.1) is 10.8 Å². The summed E-state index contributed by atoms with van der Waals surface area (Å²) in [5, 5.41) is 9.75. The van der Waals surface area contributed by atoms with Gasteiger partial charge in [-0.3, -0.25) is 0 Å². The van der Waals surface area contributed by atoms with Crippen molar-refractivity contribution in [3.05, 3.63) is 12.2 Å². The van der Waals surface area contributed by atoms with Crippen LogP contribution in [0.15, 0.2) is 12.2 Å². The molecule has 0 aromatic rings. The fourth-order valence-electron chi connectivity index (χ4n) is 3.42. The molecule has 1 fully saturated rings. The van der Waals surface area contributed by atoms with Crippen molar-refractivity contribution in [3.63, 3.8) is 0 Å². The van der Waals surface area contributed by atoms with Crippen molar-refractivity contribution < 1.29 is 9.84 Å². The van der Waals surface area contributed by atoms with Gasteiger partial charge in [-0.15, -0.1) is 0 Å². The summed E-state index contributed by atoms with van der Waals surface area (Å²) >= 11 is 0. The van der Waals surface area contributed by atoms with Crippen molar-refractivity contribution in [2.24, 2.45) is 10.8 Å². The number of fused-ring (bicyclic) bond motifs is 1. The molecule has 3 nitrogen and oxygen atoms in total. The van der Waals surface area contributed by atoms with E-state index in [1.54, 1.807) is 7.11 Å². The monoisotopic (exact) mass is 241 g/mol. The predicted octanol–water partition coefficient (Wildman–Crippen LogP) is 1.92. The smallest absolute Gasteiger partial charge is 0.0540 e. The van der Waals surface area contributed by atoms with Gasteiger partial charge in [-0.25, -0.2) is 0 Å². The summed E-state index contributed by atoms with van der Waals surface area (Å²) in [6.45, 7) is 7.04. The molecule has 0 aromatic carbocycles. The van der Waals surface area contributed by atoms with Gasteiger partial charge in [-0.2, -0.15) is 0 Å². The average molecular weight is 241 g/mol. The molecular formula is C14H27NO2. The van der Waals surface area contributed by atoms with Gasteiger partial charge in [-0.1, -0.05) is 26.0 Å². The summed E-state index contributed by atoms with van der Waals surface area (Å²) in [6, 6.07) is 0. The lowest BCUT2D eigenvalue weighted by atomic mass is 9.60. The molecule has 2 atom stereocenters. The lowest BCUT2D eigenvalue weighted by molar-refractivity contribution is -0.0321. The standard InChI is InChI=1S/C12H21NO2.C2H6/c1-13-7-11(9-14)5-3-4-6-12(11,8-13)10-15-2;1-2/h3-4,14H,5-10H2,1-2H3;1-2H3. The van der Waals surface area contributed by atoms with Crippen LogP contribution in [0.2, 0.25) is 0 Å². The first-order valence-electron chi connectivity index (χ1n) is 6.61. The lowest BCUT2D eigenvalue weighted by Crippen LogP contribution is -2.47. The van der Waals surface area contributed by atoms with Crippen molar-refractivity contribution in [1.29, 1.82) is 0 Å². The van der Waals surface area contributed by atoms with E-state index in [2.05, 4.69) is 24.1 Å². The van der Waals surface area contributed by atoms with Crippen LogP contribution in [0.1, 0.15) is 26.7 Å². The minimum absolute atomic E-state index is 0.0203. The third kappa shape index (κ3) is 2.42. The number of aliphatic hydroxyl groups is 1. The van der Waals surface area contributed by atoms with E-state index in [0.29, 0.717) is 0 Å². The van der Waals surface area contributed by atoms with Gasteiger partial charge in [0.05, 0.1) is 13.2 Å². The Morgan fingerprint density at radius 3 is 2.24 bits per heavy atom. The molecule has 17 heavy (non-hydrogen) atoms. The molecule has 1 heterocycles. The Hall–Kier alpha value is -0.380. The van der Waals surface area contributed by atoms with Crippen LogP contribution in [-0.4, -0.2) is 50.5 Å². The van der Waals surface area contributed by atoms with Crippen LogP contribution in [-0.2, 0) is 4.74 Å². The Morgan fingerprint density at radius 2 is 1.71 bits per heavy atom. The van der Waals surface area contributed by atoms with Crippen LogP contribution < -0.4 is 0 Å². The first-order chi connectivity index (χ1) is 8.18. The van der Waals surface area contributed by atoms with E-state index in [9.17, 15) is 5.11 Å². The van der Waals surface area contributed by atoms with Gasteiger partial charge in [0.25, 0.3) is 0 Å². The van der Waals surface area contributed by atoms with Crippen molar-refractivity contribution in [2.75, 3.05) is 40.5 Å². The SMILES string of the molecule is CC.COCC12CC=CCC1(CO)CN(C)C2. The summed E-state index contributed by atoms with van der Waals surface area (Å²) in [4.78, 5) is 2.32. The summed E-state index contributed by atoms with van der Waals surface area (Å²) in [6.07, 6.45) is 6.47. The highest BCUT2D eigenvalue weighted by molar-refractivity contribution is 5.15. The summed E-state index contributed by atoms with van der Waals surface area (Å²) in [7, 11) is 3.89. The fraction of sp³-hybridized carbons (Fsp3) is 0.857. The Morgan fingerprint density at radius 1 is 1.18 bits per heavy atom. The Labute approximate surface area is 105 Å². The zero-order valence-corrected chi connectivity index (χ0v) is 11.7. The number of nitrogens with zero attached hydrogens (tertiary/aromatic N) is 1. The summed E-state index contributed by atoms with van der Waals surface area (Å²) in [5.41, 5.74) is 0.145. The number of likely N-dealkylation sites (tertiary alicyclic amines) is 1. The number of methoxy groups -OCH3 is 1. The largest absolute Gasteiger partial charge is 0.396 e. The molecule has 1 N–H and O–H groups in total. The lowest BCUT2D eigenvalue weighted by Gasteiger charge is -2.45. The zero-order valence-electron chi connectivity index (χ0n) is 11.7. The molecule has 0 amide bonds. The van der Waals surface area contributed by atoms with Gasteiger partial charge in [0, 0.05) is 31.0 Å². The number of aliphatic hydroxyl groups excluding tert-OH is 1. The molecule has 0 radical (unpaired) electrons. The normalized spacial score (nSPS) is 36.3. The highest BCUT2D eigenvalue weighted by Crippen LogP contribution is 2.53. The van der Waals surface area contributed by atoms with Crippen LogP contribution in [0.4, 0.5) is 0 Å². The molecule has 0 saturated carbocycles. The first-order valence-corrected chi connectivity index (χ1v) is 6.61. The molecular weight excluding hydrogens is 214 g/mol. The molecule has 0 spiro atoms. The second kappa shape index (κ2) is 5.98. The second-order valence-corrected chi connectivity index (χ2v) is 5.20. The van der Waals surface area contributed by atoms with E-state index in [4.69, 9.17) is 4.74 Å². The number of allylic oxidation sites excluding steroid dienone is 2. The minimum atomic E-state index is 0.0203. The van der Waals surface area contributed by atoms with E-state index in [1.807, 2.05) is 13.8 Å². The Kier molecular flexibility index (Phi) is 5.17. The van der Waals surface area contributed by atoms with Gasteiger partial charge in [0.1, 0.15) is 0 Å². The Bertz CT molecular complexity index is 267. The maximum Gasteiger partial charge on any atom is 0.0540 e. The van der Waals surface area contributed by atoms with Crippen LogP contribution in [0.25, 0.3) is 0 Å². The molecule has 1 aliphatic heterocycles. The highest BCUT2D eigenvalue weighted by atomic mass is 16.5. The number of ether oxygens (including phenoxy) is 1. The zero-order chi connectivity index (χ0) is 12.9. The molecule has 100 valence electrons. The van der Waals surface area contributed by atoms with E-state index < -0.39 is 0 Å². The summed E-state index contributed by atoms with van der Waals surface area (Å²) in [5.74, 6) is 0. The number of hydrogen-bond donors (Lipinski definition) is 1. The third-order valence-corrected chi connectivity index (χ3v) is 4.18. The van der Waals surface area contributed by atoms with E-state index in [-0.39, 0.29) is 17.4 Å². The average Bonchev–Trinajstić information content (AvgIpc) is 2.64. The molecule has 1 saturated heterocycles. The number of rotatable bonds is 3. The number of hydrogen-bond acceptors (Lipinski definition) is 3. The van der Waals surface area contributed by atoms with Crippen molar-refractivity contribution in [3.8, 4) is 0 Å². The minimum Gasteiger partial charge on any atom is -0.396 e. The second-order valence-electron chi connectivity index (χ2n) is 5.20. The quantitative estimate of drug-likeness (QED) is 0.766. The topological polar surface area (TPSA) is 32.7 Å². The van der Waals surface area contributed by atoms with Gasteiger partial charge in [0.2, 0.25) is 0 Å². The maximum absolute atomic E-state index is 9.75. The van der Waals surface area contributed by atoms with Crippen molar-refractivity contribution in [1.82, 2.24) is 4.90 Å². The molecule has 2 rings (SSSR count). The summed E-state index contributed by atoms with van der Waals surface area (Å²) < 4.78 is 5.39. The van der Waals surface area contributed by atoms with Gasteiger partial charge < -0.3 is 14.7 Å². The van der Waals surface area contributed by atoms with Crippen LogP contribution >= 0.6 is 0 Å². The molecule has 3 heteroatoms. The highest BCUT2D eigenvalue weighted by Gasteiger charge is 2.56. The van der Waals surface area contributed by atoms with Crippen molar-refractivity contribution in [2.45, 2.75) is 26.7 Å². The van der Waals surface area contributed by atoms with Gasteiger partial charge in [-0.05, 0) is 19.9 Å². The molecule has 0 bridgehead atoms.